The molecule has 5 aromatic rings. The molecule has 5 nitrogen and oxygen atoms in total. The molecule has 6 heteroatoms. The van der Waals surface area contributed by atoms with Gasteiger partial charge in [0.1, 0.15) is 22.7 Å². The first kappa shape index (κ1) is 17.8. The fourth-order valence-electron chi connectivity index (χ4n) is 3.60. The predicted octanol–water partition coefficient (Wildman–Crippen LogP) is 3.85. The molecule has 0 saturated heterocycles. The lowest BCUT2D eigenvalue weighted by Gasteiger charge is -2.12. The molecule has 2 heterocycles. The summed E-state index contributed by atoms with van der Waals surface area (Å²) in [5, 5.41) is 6.12. The summed E-state index contributed by atoms with van der Waals surface area (Å²) in [6, 6.07) is 21.8. The molecule has 1 unspecified atom stereocenters. The van der Waals surface area contributed by atoms with Crippen molar-refractivity contribution in [1.29, 1.82) is 0 Å². The third-order valence-electron chi connectivity index (χ3n) is 4.91. The monoisotopic (exact) mass is 402 g/mol. The number of nitrogens with one attached hydrogen (secondary N) is 2. The normalized spacial score (nSPS) is 12.6. The van der Waals surface area contributed by atoms with Gasteiger partial charge in [-0.05, 0) is 36.4 Å². The van der Waals surface area contributed by atoms with E-state index in [1.807, 2.05) is 67.7 Å². The van der Waals surface area contributed by atoms with E-state index in [2.05, 4.69) is 16.4 Å². The van der Waals surface area contributed by atoms with Crippen molar-refractivity contribution in [2.24, 2.45) is 0 Å². The second-order valence-electron chi connectivity index (χ2n) is 7.24. The van der Waals surface area contributed by atoms with E-state index in [4.69, 9.17) is 4.42 Å². The maximum Gasteiger partial charge on any atom is 0.279 e. The van der Waals surface area contributed by atoms with Crippen LogP contribution in [-0.4, -0.2) is 24.5 Å². The maximum absolute atomic E-state index is 12.6. The minimum Gasteiger partial charge on any atom is -0.456 e. The molecule has 5 rings (SSSR count). The summed E-state index contributed by atoms with van der Waals surface area (Å²) in [6.07, 6.45) is 0. The van der Waals surface area contributed by atoms with E-state index in [1.165, 1.54) is 4.70 Å². The SMILES string of the molecule is C[NH+](CC(=O)Nc1ccc2oc3ccccc3c2c1)Cc1nc2ccccc2s1. The quantitative estimate of drug-likeness (QED) is 0.469. The van der Waals surface area contributed by atoms with Gasteiger partial charge in [-0.1, -0.05) is 30.3 Å². The molecule has 0 bridgehead atoms. The molecule has 29 heavy (non-hydrogen) atoms. The number of anilines is 1. The number of amides is 1. The number of quaternary nitrogens is 1. The van der Waals surface area contributed by atoms with Crippen molar-refractivity contribution in [2.75, 3.05) is 18.9 Å². The van der Waals surface area contributed by atoms with Gasteiger partial charge < -0.3 is 14.6 Å². The average Bonchev–Trinajstić information content (AvgIpc) is 3.28. The zero-order valence-electron chi connectivity index (χ0n) is 15.9. The number of aromatic nitrogens is 1. The van der Waals surface area contributed by atoms with Gasteiger partial charge in [0.25, 0.3) is 5.91 Å². The Labute approximate surface area is 171 Å². The number of carbonyl (C=O) groups excluding carboxylic acids is 1. The fourth-order valence-corrected chi connectivity index (χ4v) is 4.68. The largest absolute Gasteiger partial charge is 0.456 e. The van der Waals surface area contributed by atoms with Gasteiger partial charge in [-0.15, -0.1) is 11.3 Å². The van der Waals surface area contributed by atoms with E-state index < -0.39 is 0 Å². The number of carbonyl (C=O) groups is 1. The van der Waals surface area contributed by atoms with Gasteiger partial charge in [-0.2, -0.15) is 0 Å². The highest BCUT2D eigenvalue weighted by Crippen LogP contribution is 2.30. The summed E-state index contributed by atoms with van der Waals surface area (Å²) < 4.78 is 7.03. The van der Waals surface area contributed by atoms with Crippen molar-refractivity contribution in [3.63, 3.8) is 0 Å². The second kappa shape index (κ2) is 7.31. The Kier molecular flexibility index (Phi) is 4.50. The standard InChI is InChI=1S/C23H19N3O2S/c1-26(14-23-25-18-7-3-5-9-21(18)29-23)13-22(27)24-15-10-11-20-17(12-15)16-6-2-4-8-19(16)28-20/h2-12H,13-14H2,1H3,(H,24,27)/p+1. The molecule has 144 valence electrons. The lowest BCUT2D eigenvalue weighted by atomic mass is 10.1. The maximum atomic E-state index is 12.6. The minimum absolute atomic E-state index is 0.0178. The first-order chi connectivity index (χ1) is 14.2. The van der Waals surface area contributed by atoms with Crippen molar-refractivity contribution in [1.82, 2.24) is 4.98 Å². The molecule has 0 spiro atoms. The third-order valence-corrected chi connectivity index (χ3v) is 5.95. The summed E-state index contributed by atoms with van der Waals surface area (Å²) in [5.74, 6) is -0.0178. The molecule has 0 saturated carbocycles. The van der Waals surface area contributed by atoms with E-state index in [1.54, 1.807) is 11.3 Å². The number of benzene rings is 3. The van der Waals surface area contributed by atoms with Gasteiger partial charge in [-0.25, -0.2) is 4.98 Å². The van der Waals surface area contributed by atoms with Crippen molar-refractivity contribution < 1.29 is 14.1 Å². The smallest absolute Gasteiger partial charge is 0.279 e. The van der Waals surface area contributed by atoms with Crippen LogP contribution in [0.3, 0.4) is 0 Å². The molecule has 3 aromatic carbocycles. The van der Waals surface area contributed by atoms with Crippen LogP contribution in [0.15, 0.2) is 71.1 Å². The van der Waals surface area contributed by atoms with Crippen LogP contribution in [0.25, 0.3) is 32.2 Å². The molecule has 0 fully saturated rings. The van der Waals surface area contributed by atoms with Crippen LogP contribution in [0.5, 0.6) is 0 Å². The van der Waals surface area contributed by atoms with Gasteiger partial charge in [-0.3, -0.25) is 4.79 Å². The Hall–Kier alpha value is -3.22. The van der Waals surface area contributed by atoms with Gasteiger partial charge in [0, 0.05) is 16.5 Å². The second-order valence-corrected chi connectivity index (χ2v) is 8.36. The number of rotatable bonds is 5. The van der Waals surface area contributed by atoms with Gasteiger partial charge in [0.15, 0.2) is 6.54 Å². The number of thiazole rings is 1. The van der Waals surface area contributed by atoms with Gasteiger partial charge in [0.2, 0.25) is 0 Å². The Morgan fingerprint density at radius 2 is 1.83 bits per heavy atom. The van der Waals surface area contributed by atoms with E-state index in [0.717, 1.165) is 49.6 Å². The highest BCUT2D eigenvalue weighted by atomic mass is 32.1. The van der Waals surface area contributed by atoms with Gasteiger partial charge in [0.05, 0.1) is 17.3 Å². The van der Waals surface area contributed by atoms with E-state index in [-0.39, 0.29) is 5.91 Å². The Morgan fingerprint density at radius 3 is 2.72 bits per heavy atom. The number of hydrogen-bond donors (Lipinski definition) is 2. The molecule has 1 amide bonds. The average molecular weight is 402 g/mol. The summed E-state index contributed by atoms with van der Waals surface area (Å²) >= 11 is 1.69. The molecule has 2 N–H and O–H groups in total. The van der Waals surface area contributed by atoms with Crippen LogP contribution in [0.1, 0.15) is 5.01 Å². The number of para-hydroxylation sites is 2. The summed E-state index contributed by atoms with van der Waals surface area (Å²) in [4.78, 5) is 18.3. The lowest BCUT2D eigenvalue weighted by Crippen LogP contribution is -3.08. The van der Waals surface area contributed by atoms with Crippen LogP contribution in [-0.2, 0) is 11.3 Å². The Morgan fingerprint density at radius 1 is 1.03 bits per heavy atom. The number of nitrogens with zero attached hydrogens (tertiary/aromatic N) is 1. The fraction of sp³-hybridized carbons (Fsp3) is 0.130. The number of furan rings is 1. The molecule has 1 atom stereocenters. The molecule has 2 aromatic heterocycles. The molecule has 0 aliphatic rings. The molecule has 0 aliphatic heterocycles. The van der Waals surface area contributed by atoms with Crippen molar-refractivity contribution in [3.8, 4) is 0 Å². The molecular formula is C23H20N3O2S+. The van der Waals surface area contributed by atoms with E-state index in [9.17, 15) is 4.79 Å². The highest BCUT2D eigenvalue weighted by molar-refractivity contribution is 7.18. The Balaban J connectivity index is 1.27. The third kappa shape index (κ3) is 3.60. The Bertz CT molecular complexity index is 1300. The molecule has 0 radical (unpaired) electrons. The first-order valence-electron chi connectivity index (χ1n) is 9.52. The minimum atomic E-state index is -0.0178. The topological polar surface area (TPSA) is 59.6 Å². The zero-order valence-corrected chi connectivity index (χ0v) is 16.8. The summed E-state index contributed by atoms with van der Waals surface area (Å²) in [6.45, 7) is 1.10. The van der Waals surface area contributed by atoms with Crippen molar-refractivity contribution in [2.45, 2.75) is 6.54 Å². The highest BCUT2D eigenvalue weighted by Gasteiger charge is 2.14. The van der Waals surface area contributed by atoms with Crippen LogP contribution in [0.4, 0.5) is 5.69 Å². The van der Waals surface area contributed by atoms with E-state index >= 15 is 0 Å². The van der Waals surface area contributed by atoms with Crippen LogP contribution in [0, 0.1) is 0 Å². The van der Waals surface area contributed by atoms with Crippen LogP contribution >= 0.6 is 11.3 Å². The van der Waals surface area contributed by atoms with Crippen molar-refractivity contribution >= 4 is 55.1 Å². The van der Waals surface area contributed by atoms with Crippen LogP contribution in [0.2, 0.25) is 0 Å². The molecule has 0 aliphatic carbocycles. The zero-order chi connectivity index (χ0) is 19.8. The number of hydrogen-bond acceptors (Lipinski definition) is 4. The first-order valence-corrected chi connectivity index (χ1v) is 10.3. The predicted molar refractivity (Wildman–Crippen MR) is 117 cm³/mol. The number of fused-ring (bicyclic) bond motifs is 4. The van der Waals surface area contributed by atoms with Gasteiger partial charge >= 0.3 is 0 Å². The summed E-state index contributed by atoms with van der Waals surface area (Å²) in [5.41, 5.74) is 3.47. The van der Waals surface area contributed by atoms with E-state index in [0.29, 0.717) is 6.54 Å². The lowest BCUT2D eigenvalue weighted by molar-refractivity contribution is -0.885. The number of likely N-dealkylation sites (N-methyl/N-ethyl adjacent to an activating group) is 1. The summed E-state index contributed by atoms with van der Waals surface area (Å²) in [7, 11) is 2.01. The molecular weight excluding hydrogens is 382 g/mol. The van der Waals surface area contributed by atoms with Crippen LogP contribution < -0.4 is 10.2 Å². The van der Waals surface area contributed by atoms with Crippen molar-refractivity contribution in [3.05, 3.63) is 71.7 Å².